The largest absolute Gasteiger partial charge is 0.485 e. The summed E-state index contributed by atoms with van der Waals surface area (Å²) in [6.07, 6.45) is 8.24. The number of carbonyl (C=O) groups is 5. The van der Waals surface area contributed by atoms with Gasteiger partial charge in [-0.15, -0.1) is 12.6 Å². The number of benzene rings is 1. The quantitative estimate of drug-likeness (QED) is 0.117. The van der Waals surface area contributed by atoms with Crippen LogP contribution in [0.4, 0.5) is 0 Å². The number of thiocarbonyl (C=S) groups is 1. The van der Waals surface area contributed by atoms with Crippen molar-refractivity contribution in [3.63, 3.8) is 0 Å². The highest BCUT2D eigenvalue weighted by atomic mass is 32.1. The van der Waals surface area contributed by atoms with Crippen LogP contribution in [0.25, 0.3) is 0 Å². The monoisotopic (exact) mass is 660 g/mol. The topological polar surface area (TPSA) is 101 Å². The van der Waals surface area contributed by atoms with Crippen LogP contribution >= 0.6 is 24.8 Å². The van der Waals surface area contributed by atoms with Crippen molar-refractivity contribution in [3.8, 4) is 0 Å². The van der Waals surface area contributed by atoms with E-state index in [1.54, 1.807) is 18.7 Å². The first-order valence-corrected chi connectivity index (χ1v) is 17.2. The van der Waals surface area contributed by atoms with E-state index in [-0.39, 0.29) is 16.9 Å². The minimum atomic E-state index is -0.663. The number of nitrogens with zero attached hydrogens (tertiary/aromatic N) is 2. The highest BCUT2D eigenvalue weighted by Crippen LogP contribution is 2.27. The molecule has 0 aliphatic carbocycles. The van der Waals surface area contributed by atoms with Crippen LogP contribution in [-0.4, -0.2) is 75.1 Å². The number of piperidine rings is 1. The average Bonchev–Trinajstić information content (AvgIpc) is 3.54. The van der Waals surface area contributed by atoms with Crippen LogP contribution in [0.3, 0.4) is 0 Å². The third-order valence-corrected chi connectivity index (χ3v) is 9.85. The number of ketones is 2. The molecule has 0 aromatic heterocycles. The zero-order valence-corrected chi connectivity index (χ0v) is 29.6. The maximum Gasteiger partial charge on any atom is 0.291 e. The van der Waals surface area contributed by atoms with Crippen LogP contribution in [0.5, 0.6) is 0 Å². The summed E-state index contributed by atoms with van der Waals surface area (Å²) in [6.45, 7) is 12.6. The predicted octanol–water partition coefficient (Wildman–Crippen LogP) is 6.18. The molecule has 1 unspecified atom stereocenters. The Hall–Kier alpha value is -2.59. The molecule has 0 spiro atoms. The van der Waals surface area contributed by atoms with Gasteiger partial charge in [0.1, 0.15) is 12.1 Å². The third-order valence-electron chi connectivity index (χ3n) is 9.17. The summed E-state index contributed by atoms with van der Waals surface area (Å²) in [5.41, 5.74) is 0.0225. The molecule has 2 amide bonds. The minimum absolute atomic E-state index is 0.262. The van der Waals surface area contributed by atoms with Gasteiger partial charge in [0, 0.05) is 23.9 Å². The molecule has 2 heterocycles. The molecule has 2 atom stereocenters. The number of amides is 2. The van der Waals surface area contributed by atoms with E-state index in [9.17, 15) is 24.0 Å². The van der Waals surface area contributed by atoms with Gasteiger partial charge in [-0.1, -0.05) is 71.9 Å². The molecule has 0 saturated carbocycles. The number of likely N-dealkylation sites (tertiary alicyclic amines) is 2. The second-order valence-electron chi connectivity index (χ2n) is 13.2. The number of Topliss-reactive ketones (excluding diaryl/α,β-unsaturated/α-hetero) is 2. The van der Waals surface area contributed by atoms with E-state index in [0.717, 1.165) is 44.9 Å². The van der Waals surface area contributed by atoms with Gasteiger partial charge in [0.2, 0.25) is 16.7 Å². The van der Waals surface area contributed by atoms with E-state index in [0.29, 0.717) is 44.0 Å². The highest BCUT2D eigenvalue weighted by molar-refractivity contribution is 7.96. The van der Waals surface area contributed by atoms with Crippen LogP contribution in [0.15, 0.2) is 30.3 Å². The van der Waals surface area contributed by atoms with E-state index in [2.05, 4.69) is 36.9 Å². The second kappa shape index (κ2) is 17.9. The lowest BCUT2D eigenvalue weighted by molar-refractivity contribution is -0.150. The molecule has 2 saturated heterocycles. The number of ether oxygens (including phenoxy) is 1. The fourth-order valence-electron chi connectivity index (χ4n) is 5.19. The molecule has 2 aliphatic heterocycles. The Labute approximate surface area is 280 Å². The molecule has 2 fully saturated rings. The van der Waals surface area contributed by atoms with E-state index >= 15 is 0 Å². The first kappa shape index (κ1) is 38.6. The Balaban J connectivity index is 0.000000355. The zero-order valence-electron chi connectivity index (χ0n) is 27.9. The van der Waals surface area contributed by atoms with Crippen molar-refractivity contribution in [2.45, 2.75) is 118 Å². The summed E-state index contributed by atoms with van der Waals surface area (Å²) < 4.78 is 5.82. The van der Waals surface area contributed by atoms with Gasteiger partial charge in [0.05, 0.1) is 6.61 Å². The maximum absolute atomic E-state index is 12.8. The maximum atomic E-state index is 12.8. The van der Waals surface area contributed by atoms with E-state index in [1.807, 2.05) is 33.8 Å². The van der Waals surface area contributed by atoms with Gasteiger partial charge in [-0.05, 0) is 82.0 Å². The van der Waals surface area contributed by atoms with Crippen molar-refractivity contribution < 1.29 is 28.7 Å². The van der Waals surface area contributed by atoms with Gasteiger partial charge in [-0.25, -0.2) is 0 Å². The van der Waals surface area contributed by atoms with E-state index in [1.165, 1.54) is 10.5 Å². The number of aryl methyl sites for hydroxylation is 1. The standard InChI is InChI=1S/C23H33NO3S.C12H19NO3S/c1-4-23(2,3)20(25)21(26)24-16-10-8-15-19(24)22(28)27-17-11-9-14-18-12-6-5-7-13-18;1-4-12(2,3)9(14)10(15)13-7-5-6-8(13)11(16)17/h5-7,12-13,19H,4,8-11,14-17H2,1-3H3;8H,4-7H2,1-3H3,(H,16,17)/t;8-/m.0/s1. The summed E-state index contributed by atoms with van der Waals surface area (Å²) in [5.74, 6) is -1.69. The number of rotatable bonds is 13. The fourth-order valence-corrected chi connectivity index (χ4v) is 5.79. The van der Waals surface area contributed by atoms with Crippen LogP contribution in [-0.2, 0) is 35.1 Å². The molecule has 0 N–H and O–H groups in total. The number of carbonyl (C=O) groups excluding carboxylic acids is 5. The van der Waals surface area contributed by atoms with E-state index in [4.69, 9.17) is 17.0 Å². The molecule has 1 aromatic carbocycles. The molecule has 250 valence electrons. The van der Waals surface area contributed by atoms with Crippen molar-refractivity contribution >= 4 is 58.4 Å². The molecular weight excluding hydrogens is 609 g/mol. The molecule has 8 nitrogen and oxygen atoms in total. The Kier molecular flexibility index (Phi) is 15.4. The first-order chi connectivity index (χ1) is 21.2. The molecule has 0 radical (unpaired) electrons. The Morgan fingerprint density at radius 1 is 0.800 bits per heavy atom. The first-order valence-electron chi connectivity index (χ1n) is 16.3. The van der Waals surface area contributed by atoms with Crippen molar-refractivity contribution in [1.29, 1.82) is 0 Å². The molecule has 45 heavy (non-hydrogen) atoms. The minimum Gasteiger partial charge on any atom is -0.485 e. The summed E-state index contributed by atoms with van der Waals surface area (Å²) in [7, 11) is 0. The third kappa shape index (κ3) is 11.0. The van der Waals surface area contributed by atoms with Gasteiger partial charge in [-0.3, -0.25) is 24.0 Å². The lowest BCUT2D eigenvalue weighted by atomic mass is 9.84. The average molecular weight is 661 g/mol. The van der Waals surface area contributed by atoms with Crippen LogP contribution in [0.2, 0.25) is 0 Å². The SMILES string of the molecule is CCC(C)(C)C(=O)C(=O)N1CCCCC1C(=S)OCCCCc1ccccc1.CCC(C)(C)C(=O)C(=O)N1CCC[C@H]1C(=O)S. The lowest BCUT2D eigenvalue weighted by Crippen LogP contribution is -2.52. The van der Waals surface area contributed by atoms with Crippen molar-refractivity contribution in [3.05, 3.63) is 35.9 Å². The van der Waals surface area contributed by atoms with E-state index < -0.39 is 34.5 Å². The Bertz CT molecular complexity index is 1200. The number of unbranched alkanes of at least 4 members (excludes halogenated alkanes) is 1. The summed E-state index contributed by atoms with van der Waals surface area (Å²) in [6, 6.07) is 9.60. The molecular formula is C35H52N2O6S2. The number of thiol groups is 1. The number of hydrogen-bond acceptors (Lipinski definition) is 7. The van der Waals surface area contributed by atoms with Crippen LogP contribution in [0, 0.1) is 10.8 Å². The molecule has 0 bridgehead atoms. The lowest BCUT2D eigenvalue weighted by Gasteiger charge is -2.36. The van der Waals surface area contributed by atoms with Crippen LogP contribution < -0.4 is 0 Å². The van der Waals surface area contributed by atoms with Gasteiger partial charge in [0.25, 0.3) is 11.8 Å². The van der Waals surface area contributed by atoms with Gasteiger partial charge >= 0.3 is 0 Å². The van der Waals surface area contributed by atoms with Gasteiger partial charge in [0.15, 0.2) is 5.05 Å². The van der Waals surface area contributed by atoms with Gasteiger partial charge < -0.3 is 14.5 Å². The van der Waals surface area contributed by atoms with Gasteiger partial charge in [-0.2, -0.15) is 0 Å². The predicted molar refractivity (Wildman–Crippen MR) is 184 cm³/mol. The zero-order chi connectivity index (χ0) is 33.8. The molecule has 3 rings (SSSR count). The summed E-state index contributed by atoms with van der Waals surface area (Å²) in [5, 5.41) is 0.118. The molecule has 1 aromatic rings. The van der Waals surface area contributed by atoms with Crippen molar-refractivity contribution in [2.75, 3.05) is 19.7 Å². The summed E-state index contributed by atoms with van der Waals surface area (Å²) >= 11 is 9.26. The summed E-state index contributed by atoms with van der Waals surface area (Å²) in [4.78, 5) is 63.8. The van der Waals surface area contributed by atoms with Crippen molar-refractivity contribution in [2.24, 2.45) is 10.8 Å². The fraction of sp³-hybridized carbons (Fsp3) is 0.657. The second-order valence-corrected chi connectivity index (χ2v) is 14.1. The normalized spacial score (nSPS) is 18.5. The highest BCUT2D eigenvalue weighted by Gasteiger charge is 2.41. The smallest absolute Gasteiger partial charge is 0.291 e. The number of hydrogen-bond donors (Lipinski definition) is 1. The Morgan fingerprint density at radius 3 is 1.84 bits per heavy atom. The van der Waals surface area contributed by atoms with Crippen molar-refractivity contribution in [1.82, 2.24) is 9.80 Å². The van der Waals surface area contributed by atoms with Crippen LogP contribution in [0.1, 0.15) is 105 Å². The molecule has 2 aliphatic rings. The molecule has 10 heteroatoms. The Morgan fingerprint density at radius 2 is 1.31 bits per heavy atom.